The van der Waals surface area contributed by atoms with Crippen LogP contribution in [0.25, 0.3) is 60.9 Å². The van der Waals surface area contributed by atoms with E-state index in [1.165, 1.54) is 11.1 Å². The third kappa shape index (κ3) is 4.92. The van der Waals surface area contributed by atoms with Crippen LogP contribution in [0.3, 0.4) is 0 Å². The van der Waals surface area contributed by atoms with Crippen LogP contribution in [0.5, 0.6) is 5.75 Å². The monoisotopic (exact) mass is 742 g/mol. The molecular weight excluding hydrogens is 712 g/mol. The summed E-state index contributed by atoms with van der Waals surface area (Å²) in [7, 11) is 0. The minimum atomic E-state index is 0. The Kier molecular flexibility index (Phi) is 7.62. The van der Waals surface area contributed by atoms with Gasteiger partial charge in [-0.2, -0.15) is 0 Å². The van der Waals surface area contributed by atoms with E-state index in [1.807, 2.05) is 36.5 Å². The molecule has 3 heterocycles. The second kappa shape index (κ2) is 11.4. The standard InChI is InChI=1S/C37H31N4O.Pt/c1-22(2)27-12-7-13-28(23(3)4)36(27)41-21-32(29-14-5-9-24-11-8-18-38-35(24)29)40-37(41)25-16-17-31-30(19-25)34-26(20-39-31)10-6-15-33(34)42;/h5-18,20-23,42H,1-4H3;/q-1;. The molecule has 0 aliphatic carbocycles. The predicted octanol–water partition coefficient (Wildman–Crippen LogP) is 9.21. The molecule has 0 spiro atoms. The largest absolute Gasteiger partial charge is 0.515 e. The van der Waals surface area contributed by atoms with Crippen molar-refractivity contribution in [1.29, 1.82) is 0 Å². The molecule has 0 amide bonds. The molecule has 0 saturated heterocycles. The molecule has 43 heavy (non-hydrogen) atoms. The zero-order chi connectivity index (χ0) is 29.0. The summed E-state index contributed by atoms with van der Waals surface area (Å²) < 4.78 is 2.23. The summed E-state index contributed by atoms with van der Waals surface area (Å²) in [6.45, 7) is 8.94. The second-order valence-electron chi connectivity index (χ2n) is 11.4. The van der Waals surface area contributed by atoms with Gasteiger partial charge in [0.2, 0.25) is 0 Å². The zero-order valence-electron chi connectivity index (χ0n) is 24.4. The Bertz CT molecular complexity index is 2100. The van der Waals surface area contributed by atoms with Gasteiger partial charge in [0, 0.05) is 56.3 Å². The Labute approximate surface area is 265 Å². The van der Waals surface area contributed by atoms with Crippen LogP contribution in [0.2, 0.25) is 0 Å². The first-order valence-corrected chi connectivity index (χ1v) is 14.4. The Morgan fingerprint density at radius 2 is 1.47 bits per heavy atom. The molecule has 0 saturated carbocycles. The number of hydrogen-bond acceptors (Lipinski definition) is 4. The van der Waals surface area contributed by atoms with Crippen molar-refractivity contribution in [1.82, 2.24) is 19.5 Å². The van der Waals surface area contributed by atoms with E-state index in [2.05, 4.69) is 92.0 Å². The summed E-state index contributed by atoms with van der Waals surface area (Å²) in [5.41, 5.74) is 8.00. The number of aromatic nitrogens is 4. The number of fused-ring (bicyclic) bond motifs is 4. The summed E-state index contributed by atoms with van der Waals surface area (Å²) in [6, 6.07) is 30.0. The van der Waals surface area contributed by atoms with Gasteiger partial charge in [-0.15, -0.1) is 18.2 Å². The van der Waals surface area contributed by atoms with Gasteiger partial charge in [0.05, 0.1) is 22.8 Å². The van der Waals surface area contributed by atoms with Gasteiger partial charge in [-0.25, -0.2) is 0 Å². The molecule has 0 aliphatic rings. The van der Waals surface area contributed by atoms with Crippen LogP contribution in [-0.2, 0) is 21.1 Å². The van der Waals surface area contributed by atoms with Crippen molar-refractivity contribution in [2.75, 3.05) is 0 Å². The first-order valence-electron chi connectivity index (χ1n) is 14.4. The van der Waals surface area contributed by atoms with Crippen molar-refractivity contribution >= 4 is 32.6 Å². The van der Waals surface area contributed by atoms with E-state index in [0.717, 1.165) is 60.9 Å². The molecule has 0 bridgehead atoms. The van der Waals surface area contributed by atoms with Gasteiger partial charge in [-0.3, -0.25) is 15.0 Å². The fraction of sp³-hybridized carbons (Fsp3) is 0.162. The number of rotatable bonds is 5. The minimum absolute atomic E-state index is 0. The Morgan fingerprint density at radius 3 is 2.23 bits per heavy atom. The minimum Gasteiger partial charge on any atom is -0.515 e. The number of para-hydroxylation sites is 2. The zero-order valence-corrected chi connectivity index (χ0v) is 26.7. The van der Waals surface area contributed by atoms with Gasteiger partial charge in [-0.05, 0) is 51.4 Å². The van der Waals surface area contributed by atoms with Gasteiger partial charge >= 0.3 is 0 Å². The molecule has 1 N–H and O–H groups in total. The SMILES string of the molecule is CC(C)c1cccc(C(C)C)c1-n1cc(-c2cccc3cccnc23)nc1-c1[c-]c2c(cc1)ncc1cccc(O)c12.[Pt]. The van der Waals surface area contributed by atoms with Crippen LogP contribution in [0.4, 0.5) is 0 Å². The number of phenolic OH excluding ortho intramolecular Hbond substituents is 1. The normalized spacial score (nSPS) is 11.6. The fourth-order valence-corrected chi connectivity index (χ4v) is 5.96. The molecule has 7 aromatic rings. The van der Waals surface area contributed by atoms with Crippen molar-refractivity contribution in [3.63, 3.8) is 0 Å². The summed E-state index contributed by atoms with van der Waals surface area (Å²) >= 11 is 0. The third-order valence-corrected chi connectivity index (χ3v) is 8.03. The van der Waals surface area contributed by atoms with Crippen LogP contribution >= 0.6 is 0 Å². The maximum absolute atomic E-state index is 10.8. The first kappa shape index (κ1) is 28.8. The predicted molar refractivity (Wildman–Crippen MR) is 171 cm³/mol. The molecule has 0 unspecified atom stereocenters. The van der Waals surface area contributed by atoms with E-state index in [9.17, 15) is 5.11 Å². The maximum atomic E-state index is 10.8. The van der Waals surface area contributed by atoms with Crippen LogP contribution in [0.15, 0.2) is 97.5 Å². The molecule has 4 aromatic carbocycles. The molecule has 0 radical (unpaired) electrons. The summed E-state index contributed by atoms with van der Waals surface area (Å²) in [4.78, 5) is 14.7. The number of imidazole rings is 1. The van der Waals surface area contributed by atoms with Crippen LogP contribution in [0.1, 0.15) is 50.7 Å². The van der Waals surface area contributed by atoms with Crippen molar-refractivity contribution < 1.29 is 26.2 Å². The summed E-state index contributed by atoms with van der Waals surface area (Å²) in [6.07, 6.45) is 5.77. The molecule has 0 aliphatic heterocycles. The van der Waals surface area contributed by atoms with E-state index in [4.69, 9.17) is 9.97 Å². The maximum Gasteiger partial charge on any atom is 0.0908 e. The average Bonchev–Trinajstić information content (AvgIpc) is 3.45. The quantitative estimate of drug-likeness (QED) is 0.141. The molecule has 5 nitrogen and oxygen atoms in total. The molecule has 0 atom stereocenters. The van der Waals surface area contributed by atoms with Gasteiger partial charge in [0.1, 0.15) is 0 Å². The van der Waals surface area contributed by atoms with Gasteiger partial charge in [0.25, 0.3) is 0 Å². The number of nitrogens with zero attached hydrogens (tertiary/aromatic N) is 4. The Morgan fingerprint density at radius 1 is 0.767 bits per heavy atom. The van der Waals surface area contributed by atoms with Crippen LogP contribution in [0, 0.1) is 6.07 Å². The van der Waals surface area contributed by atoms with E-state index in [-0.39, 0.29) is 26.8 Å². The topological polar surface area (TPSA) is 63.8 Å². The number of hydrogen-bond donors (Lipinski definition) is 1. The fourth-order valence-electron chi connectivity index (χ4n) is 5.96. The van der Waals surface area contributed by atoms with E-state index in [0.29, 0.717) is 11.8 Å². The van der Waals surface area contributed by atoms with Crippen LogP contribution in [-0.4, -0.2) is 24.6 Å². The van der Waals surface area contributed by atoms with Crippen molar-refractivity contribution in [2.24, 2.45) is 0 Å². The number of benzene rings is 4. The molecule has 7 rings (SSSR count). The van der Waals surface area contributed by atoms with Gasteiger partial charge in [0.15, 0.2) is 0 Å². The number of pyridine rings is 2. The first-order chi connectivity index (χ1) is 20.4. The van der Waals surface area contributed by atoms with Gasteiger partial charge in [-0.1, -0.05) is 93.2 Å². The smallest absolute Gasteiger partial charge is 0.0908 e. The van der Waals surface area contributed by atoms with Crippen molar-refractivity contribution in [3.8, 4) is 34.1 Å². The Hall–Kier alpha value is -4.34. The molecule has 3 aromatic heterocycles. The summed E-state index contributed by atoms with van der Waals surface area (Å²) in [5.74, 6) is 1.61. The van der Waals surface area contributed by atoms with E-state index >= 15 is 0 Å². The molecule has 216 valence electrons. The number of aromatic hydroxyl groups is 1. The molecular formula is C37H31N4OPt-. The van der Waals surface area contributed by atoms with Gasteiger partial charge < -0.3 is 9.67 Å². The molecule has 0 fully saturated rings. The van der Waals surface area contributed by atoms with Crippen LogP contribution < -0.4 is 0 Å². The average molecular weight is 743 g/mol. The van der Waals surface area contributed by atoms with Crippen molar-refractivity contribution in [2.45, 2.75) is 39.5 Å². The summed E-state index contributed by atoms with van der Waals surface area (Å²) in [5, 5.41) is 14.3. The van der Waals surface area contributed by atoms with E-state index < -0.39 is 0 Å². The third-order valence-electron chi connectivity index (χ3n) is 8.03. The van der Waals surface area contributed by atoms with E-state index in [1.54, 1.807) is 12.3 Å². The number of phenols is 1. The Balaban J connectivity index is 0.00000329. The molecule has 6 heteroatoms. The van der Waals surface area contributed by atoms with Crippen molar-refractivity contribution in [3.05, 3.63) is 115 Å². The second-order valence-corrected chi connectivity index (χ2v) is 11.4.